The van der Waals surface area contributed by atoms with Crippen molar-refractivity contribution in [3.8, 4) is 0 Å². The highest BCUT2D eigenvalue weighted by Gasteiger charge is 2.36. The van der Waals surface area contributed by atoms with Gasteiger partial charge >= 0.3 is 11.9 Å². The Morgan fingerprint density at radius 1 is 1.12 bits per heavy atom. The smallest absolute Gasteiger partial charge is 0.322 e. The number of benzene rings is 2. The summed E-state index contributed by atoms with van der Waals surface area (Å²) in [6.07, 6.45) is 0.279. The number of carbonyl (C=O) groups excluding carboxylic acids is 1. The van der Waals surface area contributed by atoms with Crippen molar-refractivity contribution < 1.29 is 19.4 Å². The molecule has 128 valence electrons. The quantitative estimate of drug-likeness (QED) is 0.650. The predicted octanol–water partition coefficient (Wildman–Crippen LogP) is 2.75. The van der Waals surface area contributed by atoms with Crippen molar-refractivity contribution in [2.24, 2.45) is 11.7 Å². The molecule has 5 heteroatoms. The first-order chi connectivity index (χ1) is 11.2. The molecule has 0 bridgehead atoms. The van der Waals surface area contributed by atoms with Crippen LogP contribution >= 0.6 is 0 Å². The summed E-state index contributed by atoms with van der Waals surface area (Å²) >= 11 is 0. The van der Waals surface area contributed by atoms with E-state index in [1.165, 1.54) is 0 Å². The topological polar surface area (TPSA) is 89.6 Å². The van der Waals surface area contributed by atoms with E-state index >= 15 is 0 Å². The van der Waals surface area contributed by atoms with Crippen LogP contribution in [0, 0.1) is 5.92 Å². The number of hydrogen-bond donors (Lipinski definition) is 2. The van der Waals surface area contributed by atoms with Gasteiger partial charge in [0.15, 0.2) is 5.92 Å². The Balaban J connectivity index is 2.18. The van der Waals surface area contributed by atoms with Crippen LogP contribution in [-0.2, 0) is 20.7 Å². The fourth-order valence-corrected chi connectivity index (χ4v) is 2.58. The number of carboxylic acids is 1. The van der Waals surface area contributed by atoms with Gasteiger partial charge in [0.1, 0.15) is 5.60 Å². The van der Waals surface area contributed by atoms with E-state index in [9.17, 15) is 14.7 Å². The minimum absolute atomic E-state index is 0.279. The summed E-state index contributed by atoms with van der Waals surface area (Å²) in [7, 11) is 0. The van der Waals surface area contributed by atoms with Crippen LogP contribution in [0.1, 0.15) is 26.3 Å². The van der Waals surface area contributed by atoms with Crippen molar-refractivity contribution in [1.82, 2.24) is 0 Å². The highest BCUT2D eigenvalue weighted by molar-refractivity contribution is 5.95. The Labute approximate surface area is 141 Å². The molecule has 0 fully saturated rings. The maximum atomic E-state index is 12.2. The molecule has 2 atom stereocenters. The van der Waals surface area contributed by atoms with E-state index in [0.717, 1.165) is 16.3 Å². The van der Waals surface area contributed by atoms with Crippen LogP contribution in [-0.4, -0.2) is 28.7 Å². The van der Waals surface area contributed by atoms with Crippen LogP contribution in [0.15, 0.2) is 42.5 Å². The van der Waals surface area contributed by atoms with Crippen LogP contribution in [0.2, 0.25) is 0 Å². The second kappa shape index (κ2) is 7.01. The van der Waals surface area contributed by atoms with Gasteiger partial charge in [-0.25, -0.2) is 0 Å². The zero-order valence-corrected chi connectivity index (χ0v) is 14.2. The highest BCUT2D eigenvalue weighted by atomic mass is 16.6. The molecule has 0 aliphatic heterocycles. The fourth-order valence-electron chi connectivity index (χ4n) is 2.58. The molecule has 0 aliphatic rings. The van der Waals surface area contributed by atoms with Gasteiger partial charge in [-0.05, 0) is 43.5 Å². The maximum Gasteiger partial charge on any atom is 0.322 e. The summed E-state index contributed by atoms with van der Waals surface area (Å²) in [5.41, 5.74) is 6.16. The summed E-state index contributed by atoms with van der Waals surface area (Å²) in [4.78, 5) is 23.7. The number of fused-ring (bicyclic) bond motifs is 1. The minimum atomic E-state index is -1.39. The Morgan fingerprint density at radius 2 is 1.75 bits per heavy atom. The van der Waals surface area contributed by atoms with E-state index in [1.54, 1.807) is 20.8 Å². The second-order valence-corrected chi connectivity index (χ2v) is 6.90. The van der Waals surface area contributed by atoms with Crippen molar-refractivity contribution in [1.29, 1.82) is 0 Å². The number of nitrogens with two attached hydrogens (primary N) is 1. The maximum absolute atomic E-state index is 12.2. The molecule has 0 saturated heterocycles. The van der Waals surface area contributed by atoms with Gasteiger partial charge in [0, 0.05) is 6.04 Å². The Kier molecular flexibility index (Phi) is 5.24. The number of aliphatic carboxylic acids is 1. The van der Waals surface area contributed by atoms with Gasteiger partial charge in [0.05, 0.1) is 0 Å². The summed E-state index contributed by atoms with van der Waals surface area (Å²) < 4.78 is 5.19. The molecule has 2 aromatic rings. The molecule has 0 aromatic heterocycles. The Bertz CT molecular complexity index is 748. The molecule has 2 rings (SSSR count). The fraction of sp³-hybridized carbons (Fsp3) is 0.368. The number of esters is 1. The lowest BCUT2D eigenvalue weighted by Crippen LogP contribution is -2.45. The van der Waals surface area contributed by atoms with Gasteiger partial charge in [-0.1, -0.05) is 42.5 Å². The predicted molar refractivity (Wildman–Crippen MR) is 92.6 cm³/mol. The van der Waals surface area contributed by atoms with Gasteiger partial charge in [-0.15, -0.1) is 0 Å². The number of carbonyl (C=O) groups is 2. The molecule has 0 unspecified atom stereocenters. The minimum Gasteiger partial charge on any atom is -0.481 e. The van der Waals surface area contributed by atoms with Crippen molar-refractivity contribution in [3.63, 3.8) is 0 Å². The molecule has 3 N–H and O–H groups in total. The number of hydrogen-bond acceptors (Lipinski definition) is 4. The van der Waals surface area contributed by atoms with Gasteiger partial charge < -0.3 is 15.6 Å². The van der Waals surface area contributed by atoms with Gasteiger partial charge in [-0.2, -0.15) is 0 Å². The lowest BCUT2D eigenvalue weighted by atomic mass is 9.93. The number of rotatable bonds is 5. The number of ether oxygens (including phenoxy) is 1. The Hall–Kier alpha value is -2.40. The summed E-state index contributed by atoms with van der Waals surface area (Å²) in [5.74, 6) is -3.46. The van der Waals surface area contributed by atoms with Crippen LogP contribution in [0.3, 0.4) is 0 Å². The van der Waals surface area contributed by atoms with Crippen molar-refractivity contribution >= 4 is 22.7 Å². The first-order valence-electron chi connectivity index (χ1n) is 7.86. The highest BCUT2D eigenvalue weighted by Crippen LogP contribution is 2.20. The summed E-state index contributed by atoms with van der Waals surface area (Å²) in [6.45, 7) is 5.08. The molecule has 0 heterocycles. The normalized spacial score (nSPS) is 14.2. The third kappa shape index (κ3) is 4.55. The van der Waals surface area contributed by atoms with Gasteiger partial charge in [0.2, 0.25) is 0 Å². The van der Waals surface area contributed by atoms with Crippen molar-refractivity contribution in [2.45, 2.75) is 38.8 Å². The van der Waals surface area contributed by atoms with Crippen molar-refractivity contribution in [3.05, 3.63) is 48.0 Å². The summed E-state index contributed by atoms with van der Waals surface area (Å²) in [5, 5.41) is 11.5. The van der Waals surface area contributed by atoms with E-state index in [2.05, 4.69) is 0 Å². The second-order valence-electron chi connectivity index (χ2n) is 6.90. The largest absolute Gasteiger partial charge is 0.481 e. The molecule has 0 spiro atoms. The van der Waals surface area contributed by atoms with Crippen LogP contribution < -0.4 is 5.73 Å². The van der Waals surface area contributed by atoms with E-state index in [1.807, 2.05) is 42.5 Å². The van der Waals surface area contributed by atoms with E-state index in [4.69, 9.17) is 10.5 Å². The van der Waals surface area contributed by atoms with Crippen LogP contribution in [0.25, 0.3) is 10.8 Å². The average molecular weight is 329 g/mol. The first kappa shape index (κ1) is 17.9. The molecular weight excluding hydrogens is 306 g/mol. The molecule has 2 aromatic carbocycles. The lowest BCUT2D eigenvalue weighted by molar-refractivity contribution is -0.167. The summed E-state index contributed by atoms with van der Waals surface area (Å²) in [6, 6.07) is 12.8. The van der Waals surface area contributed by atoms with Gasteiger partial charge in [-0.3, -0.25) is 9.59 Å². The lowest BCUT2D eigenvalue weighted by Gasteiger charge is -2.25. The molecule has 24 heavy (non-hydrogen) atoms. The third-order valence-electron chi connectivity index (χ3n) is 3.64. The molecular formula is C19H23NO4. The van der Waals surface area contributed by atoms with Crippen molar-refractivity contribution in [2.75, 3.05) is 0 Å². The Morgan fingerprint density at radius 3 is 2.33 bits per heavy atom. The SMILES string of the molecule is CC(C)(C)OC(=O)[C@H](C(=O)O)[C@H](N)Cc1ccc2ccccc2c1. The van der Waals surface area contributed by atoms with E-state index < -0.39 is 29.5 Å². The standard InChI is InChI=1S/C19H23NO4/c1-19(2,3)24-18(23)16(17(21)22)15(20)11-12-8-9-13-6-4-5-7-14(13)10-12/h4-10,15-16H,11,20H2,1-3H3,(H,21,22)/t15-,16+/m1/s1. The average Bonchev–Trinajstić information content (AvgIpc) is 2.44. The molecule has 0 aliphatic carbocycles. The van der Waals surface area contributed by atoms with Crippen LogP contribution in [0.5, 0.6) is 0 Å². The molecule has 0 saturated carbocycles. The zero-order chi connectivity index (χ0) is 17.9. The zero-order valence-electron chi connectivity index (χ0n) is 14.2. The molecule has 0 amide bonds. The molecule has 0 radical (unpaired) electrons. The van der Waals surface area contributed by atoms with Crippen LogP contribution in [0.4, 0.5) is 0 Å². The third-order valence-corrected chi connectivity index (χ3v) is 3.64. The van der Waals surface area contributed by atoms with E-state index in [0.29, 0.717) is 0 Å². The molecule has 5 nitrogen and oxygen atoms in total. The monoisotopic (exact) mass is 329 g/mol. The van der Waals surface area contributed by atoms with Gasteiger partial charge in [0.25, 0.3) is 0 Å². The van der Waals surface area contributed by atoms with E-state index in [-0.39, 0.29) is 6.42 Å². The number of carboxylic acid groups (broad SMARTS) is 1. The first-order valence-corrected chi connectivity index (χ1v) is 7.86.